The van der Waals surface area contributed by atoms with Gasteiger partial charge in [0.1, 0.15) is 6.54 Å². The zero-order valence-corrected chi connectivity index (χ0v) is 22.3. The van der Waals surface area contributed by atoms with E-state index in [4.69, 9.17) is 22.1 Å². The van der Waals surface area contributed by atoms with E-state index in [1.54, 1.807) is 0 Å². The highest BCUT2D eigenvalue weighted by Crippen LogP contribution is 2.30. The lowest BCUT2D eigenvalue weighted by Crippen LogP contribution is -2.37. The Labute approximate surface area is 241 Å². The van der Waals surface area contributed by atoms with Crippen molar-refractivity contribution in [2.75, 3.05) is 0 Å². The first-order valence-electron chi connectivity index (χ1n) is 11.8. The molecule has 1 amide bonds. The minimum absolute atomic E-state index is 0.166. The van der Waals surface area contributed by atoms with E-state index in [0.717, 1.165) is 23.0 Å². The van der Waals surface area contributed by atoms with Crippen LogP contribution in [0.2, 0.25) is 5.02 Å². The molecule has 0 radical (unpaired) electrons. The van der Waals surface area contributed by atoms with Gasteiger partial charge in [0.05, 0.1) is 6.54 Å². The van der Waals surface area contributed by atoms with E-state index in [1.807, 2.05) is 0 Å². The molecule has 3 N–H and O–H groups in total. The van der Waals surface area contributed by atoms with Gasteiger partial charge in [-0.25, -0.2) is 24.2 Å². The van der Waals surface area contributed by atoms with Crippen molar-refractivity contribution in [3.63, 3.8) is 0 Å². The van der Waals surface area contributed by atoms with Crippen LogP contribution in [0.3, 0.4) is 0 Å². The summed E-state index contributed by atoms with van der Waals surface area (Å²) in [6, 6.07) is 7.62. The molecule has 4 aromatic rings. The largest absolute Gasteiger partial charge is 0.573 e. The standard InChI is InChI=1S/C23H19ClF6N8O5/c1-11(42-20(31)40)17-33-16(34-38(17)19-14(3-2-8-32-19)43-23(28,29)30)10-37-21(41)36(9-15(39)22(25,26)27)18(35-37)12-4-6-13(24)7-5-12/h2-8,11,15,39H,9-10H2,1H3,(H2,31,40)/t11?,15-/m0/s1. The quantitative estimate of drug-likeness (QED) is 0.262. The summed E-state index contributed by atoms with van der Waals surface area (Å²) in [5.41, 5.74) is 4.11. The molecule has 0 saturated carbocycles. The maximum Gasteiger partial charge on any atom is 0.573 e. The number of halogens is 7. The monoisotopic (exact) mass is 636 g/mol. The van der Waals surface area contributed by atoms with Crippen molar-refractivity contribution in [2.45, 2.75) is 44.8 Å². The van der Waals surface area contributed by atoms with E-state index in [0.29, 0.717) is 9.25 Å². The molecule has 1 unspecified atom stereocenters. The Morgan fingerprint density at radius 1 is 1.12 bits per heavy atom. The van der Waals surface area contributed by atoms with Crippen molar-refractivity contribution in [1.29, 1.82) is 0 Å². The Bertz CT molecular complexity index is 1670. The highest BCUT2D eigenvalue weighted by atomic mass is 35.5. The summed E-state index contributed by atoms with van der Waals surface area (Å²) in [5.74, 6) is -2.25. The fraction of sp³-hybridized carbons (Fsp3) is 0.304. The number of carbonyl (C=O) groups is 1. The zero-order chi connectivity index (χ0) is 31.7. The molecule has 0 fully saturated rings. The Morgan fingerprint density at radius 3 is 2.40 bits per heavy atom. The number of nitrogens with two attached hydrogens (primary N) is 1. The number of aromatic nitrogens is 7. The van der Waals surface area contributed by atoms with Crippen LogP contribution in [0.4, 0.5) is 31.1 Å². The van der Waals surface area contributed by atoms with Crippen LogP contribution in [0.15, 0.2) is 47.4 Å². The predicted octanol–water partition coefficient (Wildman–Crippen LogP) is 3.37. The molecule has 230 valence electrons. The van der Waals surface area contributed by atoms with Crippen molar-refractivity contribution < 1.29 is 45.7 Å². The van der Waals surface area contributed by atoms with Crippen LogP contribution < -0.4 is 16.2 Å². The molecule has 0 aliphatic heterocycles. The minimum atomic E-state index is -5.13. The van der Waals surface area contributed by atoms with Gasteiger partial charge in [0.15, 0.2) is 41.2 Å². The second-order valence-electron chi connectivity index (χ2n) is 8.69. The van der Waals surface area contributed by atoms with Gasteiger partial charge in [-0.1, -0.05) is 11.6 Å². The van der Waals surface area contributed by atoms with Gasteiger partial charge in [-0.3, -0.25) is 4.57 Å². The molecule has 0 aliphatic carbocycles. The summed E-state index contributed by atoms with van der Waals surface area (Å²) in [4.78, 5) is 32.5. The van der Waals surface area contributed by atoms with Gasteiger partial charge in [0, 0.05) is 16.8 Å². The average Bonchev–Trinajstić information content (AvgIpc) is 3.45. The van der Waals surface area contributed by atoms with Gasteiger partial charge in [-0.2, -0.15) is 17.9 Å². The molecule has 0 spiro atoms. The van der Waals surface area contributed by atoms with Gasteiger partial charge < -0.3 is 20.3 Å². The number of carbonyl (C=O) groups excluding carboxylic acids is 1. The zero-order valence-electron chi connectivity index (χ0n) is 21.5. The number of aliphatic hydroxyl groups is 1. The molecule has 3 aromatic heterocycles. The number of benzene rings is 1. The summed E-state index contributed by atoms with van der Waals surface area (Å²) in [6.07, 6.45) is -14.6. The second-order valence-corrected chi connectivity index (χ2v) is 9.13. The maximum atomic E-state index is 13.2. The number of aliphatic hydroxyl groups excluding tert-OH is 1. The Kier molecular flexibility index (Phi) is 8.67. The highest BCUT2D eigenvalue weighted by molar-refractivity contribution is 6.30. The van der Waals surface area contributed by atoms with Crippen LogP contribution >= 0.6 is 11.6 Å². The normalized spacial score (nSPS) is 13.5. The van der Waals surface area contributed by atoms with Crippen LogP contribution in [0.1, 0.15) is 24.7 Å². The molecule has 0 saturated heterocycles. The number of hydrogen-bond donors (Lipinski definition) is 2. The molecule has 1 aromatic carbocycles. The fourth-order valence-electron chi connectivity index (χ4n) is 3.76. The smallest absolute Gasteiger partial charge is 0.438 e. The summed E-state index contributed by atoms with van der Waals surface area (Å²) in [6.45, 7) is -0.594. The van der Waals surface area contributed by atoms with Crippen LogP contribution in [0, 0.1) is 0 Å². The Hall–Kier alpha value is -4.65. The van der Waals surface area contributed by atoms with Gasteiger partial charge in [-0.05, 0) is 43.3 Å². The SMILES string of the molecule is CC(OC(N)=O)c1nc(Cn2nc(-c3ccc(Cl)cc3)n(C[C@H](O)C(F)(F)F)c2=O)nn1-c1ncccc1OC(F)(F)F. The van der Waals surface area contributed by atoms with E-state index < -0.39 is 61.2 Å². The number of pyridine rings is 1. The molecule has 43 heavy (non-hydrogen) atoms. The van der Waals surface area contributed by atoms with Gasteiger partial charge in [0.2, 0.25) is 0 Å². The van der Waals surface area contributed by atoms with Crippen LogP contribution in [-0.4, -0.2) is 63.9 Å². The average molecular weight is 637 g/mol. The van der Waals surface area contributed by atoms with Crippen molar-refractivity contribution in [3.05, 3.63) is 69.8 Å². The first kappa shape index (κ1) is 31.3. The van der Waals surface area contributed by atoms with Gasteiger partial charge >= 0.3 is 24.3 Å². The summed E-state index contributed by atoms with van der Waals surface area (Å²) in [5, 5.41) is 18.1. The molecule has 3 heterocycles. The highest BCUT2D eigenvalue weighted by Gasteiger charge is 2.39. The summed E-state index contributed by atoms with van der Waals surface area (Å²) in [7, 11) is 0. The van der Waals surface area contributed by atoms with E-state index >= 15 is 0 Å². The van der Waals surface area contributed by atoms with Crippen LogP contribution in [0.25, 0.3) is 17.2 Å². The van der Waals surface area contributed by atoms with Crippen molar-refractivity contribution in [3.8, 4) is 23.0 Å². The predicted molar refractivity (Wildman–Crippen MR) is 133 cm³/mol. The lowest BCUT2D eigenvalue weighted by molar-refractivity contribution is -0.274. The van der Waals surface area contributed by atoms with Crippen molar-refractivity contribution in [1.82, 2.24) is 34.1 Å². The number of nitrogens with zero attached hydrogens (tertiary/aromatic N) is 7. The molecular formula is C23H19ClF6N8O5. The van der Waals surface area contributed by atoms with Gasteiger partial charge in [-0.15, -0.1) is 23.4 Å². The van der Waals surface area contributed by atoms with Crippen LogP contribution in [0.5, 0.6) is 5.75 Å². The Balaban J connectivity index is 1.82. The lowest BCUT2D eigenvalue weighted by atomic mass is 10.2. The number of hydrogen-bond acceptors (Lipinski definition) is 9. The lowest BCUT2D eigenvalue weighted by Gasteiger charge is -2.15. The number of ether oxygens (including phenoxy) is 2. The Morgan fingerprint density at radius 2 is 1.79 bits per heavy atom. The van der Waals surface area contributed by atoms with E-state index in [-0.39, 0.29) is 28.1 Å². The maximum absolute atomic E-state index is 13.2. The topological polar surface area (TPSA) is 165 Å². The third-order valence-corrected chi connectivity index (χ3v) is 5.81. The minimum Gasteiger partial charge on any atom is -0.438 e. The van der Waals surface area contributed by atoms with Crippen molar-refractivity contribution in [2.24, 2.45) is 5.73 Å². The number of amides is 1. The van der Waals surface area contributed by atoms with Crippen LogP contribution in [-0.2, 0) is 17.8 Å². The van der Waals surface area contributed by atoms with Gasteiger partial charge in [0.25, 0.3) is 0 Å². The molecule has 0 bridgehead atoms. The first-order chi connectivity index (χ1) is 20.0. The van der Waals surface area contributed by atoms with E-state index in [2.05, 4.69) is 24.9 Å². The molecule has 0 aliphatic rings. The second kappa shape index (κ2) is 11.9. The number of primary amides is 1. The van der Waals surface area contributed by atoms with Crippen molar-refractivity contribution >= 4 is 17.7 Å². The molecule has 20 heteroatoms. The third-order valence-electron chi connectivity index (χ3n) is 5.56. The fourth-order valence-corrected chi connectivity index (χ4v) is 3.88. The molecule has 2 atom stereocenters. The third kappa shape index (κ3) is 7.41. The molecule has 13 nitrogen and oxygen atoms in total. The molecule has 4 rings (SSSR count). The first-order valence-corrected chi connectivity index (χ1v) is 12.2. The summed E-state index contributed by atoms with van der Waals surface area (Å²) >= 11 is 5.88. The number of alkyl halides is 6. The molecular weight excluding hydrogens is 618 g/mol. The van der Waals surface area contributed by atoms with E-state index in [1.165, 1.54) is 31.2 Å². The van der Waals surface area contributed by atoms with E-state index in [9.17, 15) is 41.0 Å². The number of rotatable bonds is 9. The summed E-state index contributed by atoms with van der Waals surface area (Å²) < 4.78 is 89.5.